The lowest BCUT2D eigenvalue weighted by molar-refractivity contribution is 0.0200. The first-order chi connectivity index (χ1) is 17.7. The number of nitrogen functional groups attached to an aromatic ring is 1. The SMILES string of the molecule is CC1CN(c2ccc(S(N)(=O)=O)cc2)CC(C)N1CCC1OCCc2ccccc21.Nc1ccccc1. The van der Waals surface area contributed by atoms with E-state index in [2.05, 4.69) is 47.9 Å². The van der Waals surface area contributed by atoms with Crippen LogP contribution in [0.5, 0.6) is 0 Å². The zero-order valence-electron chi connectivity index (χ0n) is 21.7. The molecule has 0 saturated carbocycles. The summed E-state index contributed by atoms with van der Waals surface area (Å²) in [6.45, 7) is 8.13. The van der Waals surface area contributed by atoms with Gasteiger partial charge in [0.25, 0.3) is 0 Å². The Hall–Kier alpha value is -2.91. The molecule has 0 spiro atoms. The van der Waals surface area contributed by atoms with Crippen LogP contribution < -0.4 is 15.8 Å². The third-order valence-electron chi connectivity index (χ3n) is 7.17. The number of para-hydroxylation sites is 1. The zero-order chi connectivity index (χ0) is 26.4. The van der Waals surface area contributed by atoms with E-state index in [4.69, 9.17) is 15.6 Å². The van der Waals surface area contributed by atoms with E-state index in [1.54, 1.807) is 12.1 Å². The number of piperazine rings is 1. The standard InChI is InChI=1S/C23H31N3O3S.C6H7N/c1-17-15-25(20-7-9-21(10-8-20)30(24,27)28)16-18(2)26(17)13-11-23-22-6-4-3-5-19(22)12-14-29-23;7-6-4-2-1-3-5-6/h3-10,17-18,23H,11-16H2,1-2H3,(H2,24,27,28);1-5H,7H2. The van der Waals surface area contributed by atoms with Crippen LogP contribution in [0.3, 0.4) is 0 Å². The summed E-state index contributed by atoms with van der Waals surface area (Å²) in [4.78, 5) is 5.04. The normalized spacial score (nSPS) is 22.0. The summed E-state index contributed by atoms with van der Waals surface area (Å²) in [6, 6.07) is 25.8. The molecule has 37 heavy (non-hydrogen) atoms. The first kappa shape index (κ1) is 27.1. The van der Waals surface area contributed by atoms with Gasteiger partial charge in [-0.3, -0.25) is 4.90 Å². The summed E-state index contributed by atoms with van der Waals surface area (Å²) in [5.74, 6) is 0. The fourth-order valence-corrected chi connectivity index (χ4v) is 5.81. The molecule has 3 atom stereocenters. The predicted molar refractivity (Wildman–Crippen MR) is 150 cm³/mol. The van der Waals surface area contributed by atoms with Crippen LogP contribution in [-0.2, 0) is 21.2 Å². The molecule has 0 radical (unpaired) electrons. The molecule has 0 aliphatic carbocycles. The summed E-state index contributed by atoms with van der Waals surface area (Å²) in [6.07, 6.45) is 2.18. The number of ether oxygens (including phenoxy) is 1. The number of hydrogen-bond acceptors (Lipinski definition) is 6. The molecule has 0 aromatic heterocycles. The lowest BCUT2D eigenvalue weighted by Crippen LogP contribution is -2.57. The second-order valence-corrected chi connectivity index (χ2v) is 11.4. The number of rotatable bonds is 5. The Morgan fingerprint density at radius 2 is 1.51 bits per heavy atom. The monoisotopic (exact) mass is 522 g/mol. The van der Waals surface area contributed by atoms with Crippen LogP contribution in [0.2, 0.25) is 0 Å². The molecule has 0 amide bonds. The molecular formula is C29H38N4O3S. The van der Waals surface area contributed by atoms with Crippen LogP contribution in [0.4, 0.5) is 11.4 Å². The Balaban J connectivity index is 0.000000396. The van der Waals surface area contributed by atoms with Crippen molar-refractivity contribution in [1.82, 2.24) is 4.90 Å². The molecule has 2 aliphatic rings. The predicted octanol–water partition coefficient (Wildman–Crippen LogP) is 4.21. The van der Waals surface area contributed by atoms with Gasteiger partial charge >= 0.3 is 0 Å². The molecule has 5 rings (SSSR count). The van der Waals surface area contributed by atoms with Crippen LogP contribution in [-0.4, -0.2) is 51.6 Å². The Kier molecular flexibility index (Phi) is 8.87. The largest absolute Gasteiger partial charge is 0.399 e. The third-order valence-corrected chi connectivity index (χ3v) is 8.10. The van der Waals surface area contributed by atoms with Gasteiger partial charge in [0.2, 0.25) is 10.0 Å². The van der Waals surface area contributed by atoms with Crippen molar-refractivity contribution in [3.63, 3.8) is 0 Å². The molecule has 3 unspecified atom stereocenters. The fourth-order valence-electron chi connectivity index (χ4n) is 5.29. The molecule has 3 aromatic rings. The van der Waals surface area contributed by atoms with Crippen molar-refractivity contribution in [2.24, 2.45) is 5.14 Å². The highest BCUT2D eigenvalue weighted by Gasteiger charge is 2.31. The number of primary sulfonamides is 1. The van der Waals surface area contributed by atoms with Gasteiger partial charge < -0.3 is 15.4 Å². The number of nitrogens with two attached hydrogens (primary N) is 2. The van der Waals surface area contributed by atoms with Gasteiger partial charge in [-0.15, -0.1) is 0 Å². The highest BCUT2D eigenvalue weighted by molar-refractivity contribution is 7.89. The number of anilines is 2. The van der Waals surface area contributed by atoms with Crippen molar-refractivity contribution in [1.29, 1.82) is 0 Å². The Bertz CT molecular complexity index is 1240. The first-order valence-corrected chi connectivity index (χ1v) is 14.4. The quantitative estimate of drug-likeness (QED) is 0.487. The lowest BCUT2D eigenvalue weighted by atomic mass is 9.95. The van der Waals surface area contributed by atoms with Crippen molar-refractivity contribution < 1.29 is 13.2 Å². The first-order valence-electron chi connectivity index (χ1n) is 12.9. The van der Waals surface area contributed by atoms with Gasteiger partial charge in [-0.25, -0.2) is 13.6 Å². The van der Waals surface area contributed by atoms with Gasteiger partial charge in [-0.05, 0) is 74.2 Å². The third kappa shape index (κ3) is 7.11. The maximum Gasteiger partial charge on any atom is 0.238 e. The van der Waals surface area contributed by atoms with Crippen molar-refractivity contribution in [3.8, 4) is 0 Å². The summed E-state index contributed by atoms with van der Waals surface area (Å²) in [7, 11) is -3.66. The van der Waals surface area contributed by atoms with Crippen molar-refractivity contribution in [2.75, 3.05) is 36.9 Å². The smallest absolute Gasteiger partial charge is 0.238 e. The average Bonchev–Trinajstić information content (AvgIpc) is 2.88. The number of nitrogens with zero attached hydrogens (tertiary/aromatic N) is 2. The summed E-state index contributed by atoms with van der Waals surface area (Å²) in [5, 5.41) is 5.21. The van der Waals surface area contributed by atoms with Crippen LogP contribution in [0.15, 0.2) is 83.8 Å². The molecule has 2 aliphatic heterocycles. The van der Waals surface area contributed by atoms with Gasteiger partial charge in [0.15, 0.2) is 0 Å². The van der Waals surface area contributed by atoms with Crippen LogP contribution >= 0.6 is 0 Å². The topological polar surface area (TPSA) is 102 Å². The van der Waals surface area contributed by atoms with E-state index >= 15 is 0 Å². The van der Waals surface area contributed by atoms with Gasteiger partial charge in [-0.1, -0.05) is 42.5 Å². The summed E-state index contributed by atoms with van der Waals surface area (Å²) < 4.78 is 29.1. The Morgan fingerprint density at radius 1 is 0.892 bits per heavy atom. The van der Waals surface area contributed by atoms with Crippen molar-refractivity contribution >= 4 is 21.4 Å². The van der Waals surface area contributed by atoms with Gasteiger partial charge in [-0.2, -0.15) is 0 Å². The Morgan fingerprint density at radius 3 is 2.11 bits per heavy atom. The maximum atomic E-state index is 11.5. The van der Waals surface area contributed by atoms with Gasteiger partial charge in [0.1, 0.15) is 0 Å². The molecule has 2 heterocycles. The van der Waals surface area contributed by atoms with Crippen molar-refractivity contribution in [3.05, 3.63) is 90.0 Å². The van der Waals surface area contributed by atoms with Crippen LogP contribution in [0, 0.1) is 0 Å². The minimum atomic E-state index is -3.66. The van der Waals surface area contributed by atoms with Crippen LogP contribution in [0.1, 0.15) is 37.5 Å². The molecule has 7 nitrogen and oxygen atoms in total. The van der Waals surface area contributed by atoms with E-state index in [0.717, 1.165) is 50.5 Å². The van der Waals surface area contributed by atoms with E-state index in [1.807, 2.05) is 42.5 Å². The van der Waals surface area contributed by atoms with Crippen molar-refractivity contribution in [2.45, 2.75) is 49.8 Å². The molecule has 1 saturated heterocycles. The number of hydrogen-bond donors (Lipinski definition) is 2. The number of fused-ring (bicyclic) bond motifs is 1. The second-order valence-electron chi connectivity index (χ2n) is 9.89. The van der Waals surface area contributed by atoms with Gasteiger partial charge in [0, 0.05) is 43.1 Å². The minimum Gasteiger partial charge on any atom is -0.399 e. The molecule has 8 heteroatoms. The number of sulfonamides is 1. The lowest BCUT2D eigenvalue weighted by Gasteiger charge is -2.46. The van der Waals surface area contributed by atoms with E-state index in [0.29, 0.717) is 12.1 Å². The second kappa shape index (κ2) is 12.1. The Labute approximate surface area is 221 Å². The fraction of sp³-hybridized carbons (Fsp3) is 0.379. The average molecular weight is 523 g/mol. The maximum absolute atomic E-state index is 11.5. The van der Waals surface area contributed by atoms with E-state index < -0.39 is 10.0 Å². The summed E-state index contributed by atoms with van der Waals surface area (Å²) in [5.41, 5.74) is 9.98. The minimum absolute atomic E-state index is 0.152. The van der Waals surface area contributed by atoms with E-state index in [-0.39, 0.29) is 11.0 Å². The molecule has 198 valence electrons. The number of benzene rings is 3. The van der Waals surface area contributed by atoms with Gasteiger partial charge in [0.05, 0.1) is 17.6 Å². The molecule has 1 fully saturated rings. The zero-order valence-corrected chi connectivity index (χ0v) is 22.5. The molecule has 3 aromatic carbocycles. The highest BCUT2D eigenvalue weighted by atomic mass is 32.2. The van der Waals surface area contributed by atoms with E-state index in [9.17, 15) is 8.42 Å². The molecule has 0 bridgehead atoms. The molecular weight excluding hydrogens is 484 g/mol. The van der Waals surface area contributed by atoms with E-state index in [1.165, 1.54) is 11.1 Å². The highest BCUT2D eigenvalue weighted by Crippen LogP contribution is 2.31. The summed E-state index contributed by atoms with van der Waals surface area (Å²) >= 11 is 0. The molecule has 4 N–H and O–H groups in total. The van der Waals surface area contributed by atoms with Crippen LogP contribution in [0.25, 0.3) is 0 Å².